The molecule has 1 atom stereocenters. The van der Waals surface area contributed by atoms with Crippen LogP contribution in [-0.4, -0.2) is 39.4 Å². The molecule has 0 saturated carbocycles. The quantitative estimate of drug-likeness (QED) is 0.471. The summed E-state index contributed by atoms with van der Waals surface area (Å²) in [6.07, 6.45) is 0. The monoisotopic (exact) mass is 293 g/mol. The first-order chi connectivity index (χ1) is 9.75. The SMILES string of the molecule is C[C@]1(c2cccc([N+](=O)[O-])c2)NC(=O)N(CC(=O)O)C1=O. The van der Waals surface area contributed by atoms with Crippen molar-refractivity contribution in [1.82, 2.24) is 10.2 Å². The van der Waals surface area contributed by atoms with Gasteiger partial charge in [-0.15, -0.1) is 0 Å². The minimum absolute atomic E-state index is 0.211. The zero-order valence-corrected chi connectivity index (χ0v) is 10.9. The highest BCUT2D eigenvalue weighted by molar-refractivity contribution is 6.08. The molecule has 0 bridgehead atoms. The average Bonchev–Trinajstić information content (AvgIpc) is 2.63. The molecular weight excluding hydrogens is 282 g/mol. The Morgan fingerprint density at radius 2 is 2.14 bits per heavy atom. The number of carboxylic acid groups (broad SMARTS) is 1. The van der Waals surface area contributed by atoms with Gasteiger partial charge in [-0.25, -0.2) is 4.79 Å². The number of carbonyl (C=O) groups excluding carboxylic acids is 2. The van der Waals surface area contributed by atoms with Crippen LogP contribution in [0.3, 0.4) is 0 Å². The van der Waals surface area contributed by atoms with Crippen LogP contribution in [0.1, 0.15) is 12.5 Å². The number of hydrogen-bond acceptors (Lipinski definition) is 5. The van der Waals surface area contributed by atoms with Crippen LogP contribution in [0, 0.1) is 10.1 Å². The van der Waals surface area contributed by atoms with Crippen molar-refractivity contribution < 1.29 is 24.4 Å². The molecule has 1 aliphatic heterocycles. The van der Waals surface area contributed by atoms with Crippen LogP contribution < -0.4 is 5.32 Å². The highest BCUT2D eigenvalue weighted by Gasteiger charge is 2.49. The number of benzene rings is 1. The van der Waals surface area contributed by atoms with E-state index in [1.54, 1.807) is 0 Å². The molecule has 0 unspecified atom stereocenters. The Morgan fingerprint density at radius 3 is 2.71 bits per heavy atom. The number of rotatable bonds is 4. The van der Waals surface area contributed by atoms with E-state index in [-0.39, 0.29) is 11.3 Å². The minimum atomic E-state index is -1.53. The van der Waals surface area contributed by atoms with Gasteiger partial charge < -0.3 is 10.4 Å². The number of hydrogen-bond donors (Lipinski definition) is 2. The molecule has 9 heteroatoms. The summed E-state index contributed by atoms with van der Waals surface area (Å²) in [4.78, 5) is 45.4. The first kappa shape index (κ1) is 14.4. The van der Waals surface area contributed by atoms with Crippen LogP contribution in [0.5, 0.6) is 0 Å². The maximum atomic E-state index is 12.3. The number of nitro benzene ring substituents is 1. The van der Waals surface area contributed by atoms with Crippen LogP contribution in [0.15, 0.2) is 24.3 Å². The Bertz CT molecular complexity index is 658. The summed E-state index contributed by atoms with van der Waals surface area (Å²) in [5, 5.41) is 21.8. The smallest absolute Gasteiger partial charge is 0.325 e. The Morgan fingerprint density at radius 1 is 1.48 bits per heavy atom. The van der Waals surface area contributed by atoms with Gasteiger partial charge in [0.1, 0.15) is 12.1 Å². The largest absolute Gasteiger partial charge is 0.480 e. The van der Waals surface area contributed by atoms with E-state index in [0.717, 1.165) is 0 Å². The Kier molecular flexibility index (Phi) is 3.34. The molecule has 1 heterocycles. The highest BCUT2D eigenvalue weighted by atomic mass is 16.6. The van der Waals surface area contributed by atoms with Gasteiger partial charge in [0, 0.05) is 12.1 Å². The molecule has 1 aromatic rings. The van der Waals surface area contributed by atoms with Crippen LogP contribution in [0.4, 0.5) is 10.5 Å². The van der Waals surface area contributed by atoms with E-state index in [1.165, 1.54) is 31.2 Å². The first-order valence-electron chi connectivity index (χ1n) is 5.86. The van der Waals surface area contributed by atoms with E-state index in [0.29, 0.717) is 4.90 Å². The maximum absolute atomic E-state index is 12.3. The Balaban J connectivity index is 2.41. The number of nitrogens with zero attached hydrogens (tertiary/aromatic N) is 2. The molecule has 0 spiro atoms. The molecule has 2 rings (SSSR count). The predicted molar refractivity (Wildman–Crippen MR) is 68.3 cm³/mol. The lowest BCUT2D eigenvalue weighted by atomic mass is 9.91. The molecule has 9 nitrogen and oxygen atoms in total. The molecule has 3 amide bonds. The number of nitrogens with one attached hydrogen (secondary N) is 1. The molecule has 0 radical (unpaired) electrons. The number of nitro groups is 1. The standard InChI is InChI=1S/C12H11N3O6/c1-12(7-3-2-4-8(5-7)15(20)21)10(18)14(6-9(16)17)11(19)13-12/h2-5H,6H2,1H3,(H,13,19)(H,16,17)/t12-/m1/s1. The summed E-state index contributed by atoms with van der Waals surface area (Å²) < 4.78 is 0. The summed E-state index contributed by atoms with van der Waals surface area (Å²) in [6.45, 7) is 0.601. The number of urea groups is 1. The molecule has 1 fully saturated rings. The first-order valence-corrected chi connectivity index (χ1v) is 5.86. The number of amides is 3. The number of non-ortho nitro benzene ring substituents is 1. The number of imide groups is 1. The van der Waals surface area contributed by atoms with E-state index >= 15 is 0 Å². The van der Waals surface area contributed by atoms with Gasteiger partial charge in [-0.1, -0.05) is 12.1 Å². The lowest BCUT2D eigenvalue weighted by molar-refractivity contribution is -0.385. The zero-order chi connectivity index (χ0) is 15.8. The van der Waals surface area contributed by atoms with Gasteiger partial charge in [-0.3, -0.25) is 24.6 Å². The normalized spacial score (nSPS) is 21.3. The van der Waals surface area contributed by atoms with Gasteiger partial charge in [0.25, 0.3) is 11.6 Å². The van der Waals surface area contributed by atoms with Crippen molar-refractivity contribution in [2.24, 2.45) is 0 Å². The van der Waals surface area contributed by atoms with Crippen molar-refractivity contribution in [2.75, 3.05) is 6.54 Å². The van der Waals surface area contributed by atoms with Crippen molar-refractivity contribution in [3.8, 4) is 0 Å². The lowest BCUT2D eigenvalue weighted by Gasteiger charge is -2.21. The van der Waals surface area contributed by atoms with Crippen molar-refractivity contribution in [3.05, 3.63) is 39.9 Å². The molecule has 110 valence electrons. The number of aliphatic carboxylic acids is 1. The molecule has 0 aliphatic carbocycles. The van der Waals surface area contributed by atoms with Crippen molar-refractivity contribution in [3.63, 3.8) is 0 Å². The maximum Gasteiger partial charge on any atom is 0.325 e. The molecule has 1 saturated heterocycles. The van der Waals surface area contributed by atoms with Gasteiger partial charge in [0.15, 0.2) is 0 Å². The molecule has 2 N–H and O–H groups in total. The second-order valence-corrected chi connectivity index (χ2v) is 4.65. The van der Waals surface area contributed by atoms with E-state index in [1.807, 2.05) is 0 Å². The summed E-state index contributed by atoms with van der Waals surface area (Å²) in [7, 11) is 0. The fourth-order valence-electron chi connectivity index (χ4n) is 2.10. The Labute approximate surface area is 118 Å². The molecule has 1 aliphatic rings. The third-order valence-electron chi connectivity index (χ3n) is 3.20. The topological polar surface area (TPSA) is 130 Å². The summed E-state index contributed by atoms with van der Waals surface area (Å²) in [5.74, 6) is -2.10. The van der Waals surface area contributed by atoms with Gasteiger partial charge >= 0.3 is 12.0 Å². The summed E-state index contributed by atoms with van der Waals surface area (Å²) in [6, 6.07) is 4.41. The third kappa shape index (κ3) is 2.40. The van der Waals surface area contributed by atoms with Crippen LogP contribution in [-0.2, 0) is 15.1 Å². The molecular formula is C12H11N3O6. The number of carbonyl (C=O) groups is 3. The van der Waals surface area contributed by atoms with Crippen LogP contribution in [0.2, 0.25) is 0 Å². The summed E-state index contributed by atoms with van der Waals surface area (Å²) >= 11 is 0. The molecule has 21 heavy (non-hydrogen) atoms. The van der Waals surface area contributed by atoms with Crippen LogP contribution >= 0.6 is 0 Å². The minimum Gasteiger partial charge on any atom is -0.480 e. The second kappa shape index (κ2) is 4.85. The second-order valence-electron chi connectivity index (χ2n) is 4.65. The van der Waals surface area contributed by atoms with Crippen molar-refractivity contribution >= 4 is 23.6 Å². The van der Waals surface area contributed by atoms with Crippen molar-refractivity contribution in [1.29, 1.82) is 0 Å². The fourth-order valence-corrected chi connectivity index (χ4v) is 2.10. The van der Waals surface area contributed by atoms with Gasteiger partial charge in [-0.05, 0) is 12.5 Å². The van der Waals surface area contributed by atoms with E-state index < -0.39 is 34.9 Å². The van der Waals surface area contributed by atoms with Gasteiger partial charge in [0.2, 0.25) is 0 Å². The van der Waals surface area contributed by atoms with Crippen LogP contribution in [0.25, 0.3) is 0 Å². The molecule has 1 aromatic carbocycles. The third-order valence-corrected chi connectivity index (χ3v) is 3.20. The van der Waals surface area contributed by atoms with Gasteiger partial charge in [0.05, 0.1) is 4.92 Å². The average molecular weight is 293 g/mol. The fraction of sp³-hybridized carbons (Fsp3) is 0.250. The highest BCUT2D eigenvalue weighted by Crippen LogP contribution is 2.30. The molecule has 0 aromatic heterocycles. The van der Waals surface area contributed by atoms with Gasteiger partial charge in [-0.2, -0.15) is 0 Å². The van der Waals surface area contributed by atoms with E-state index in [2.05, 4.69) is 5.32 Å². The predicted octanol–water partition coefficient (Wildman–Crippen LogP) is 0.446. The Hall–Kier alpha value is -2.97. The number of carboxylic acids is 1. The van der Waals surface area contributed by atoms with Crippen molar-refractivity contribution in [2.45, 2.75) is 12.5 Å². The lowest BCUT2D eigenvalue weighted by Crippen LogP contribution is -2.41. The zero-order valence-electron chi connectivity index (χ0n) is 10.9. The summed E-state index contributed by atoms with van der Waals surface area (Å²) in [5.41, 5.74) is -1.55. The van der Waals surface area contributed by atoms with E-state index in [4.69, 9.17) is 5.11 Å². The van der Waals surface area contributed by atoms with E-state index in [9.17, 15) is 24.5 Å².